The molecule has 0 radical (unpaired) electrons. The summed E-state index contributed by atoms with van der Waals surface area (Å²) in [5.74, 6) is 0.911. The Balaban J connectivity index is 1.83. The van der Waals surface area contributed by atoms with Gasteiger partial charge in [0.25, 0.3) is 0 Å². The van der Waals surface area contributed by atoms with Crippen LogP contribution in [0, 0.1) is 5.92 Å². The van der Waals surface area contributed by atoms with Crippen molar-refractivity contribution in [1.29, 1.82) is 0 Å². The molecule has 0 saturated carbocycles. The van der Waals surface area contributed by atoms with Gasteiger partial charge in [0.1, 0.15) is 0 Å². The molecule has 2 heterocycles. The van der Waals surface area contributed by atoms with E-state index in [-0.39, 0.29) is 5.91 Å². The normalized spacial score (nSPS) is 22.4. The van der Waals surface area contributed by atoms with Crippen LogP contribution in [0.3, 0.4) is 0 Å². The zero-order chi connectivity index (χ0) is 14.1. The Hall–Kier alpha value is -1.71. The largest absolute Gasteiger partial charge is 0.397 e. The standard InChI is InChI=1S/C16H23N3O/c1-2-11-4-3-6-19(7-5-11)15-10-14-12(8-13(15)17)9-16(20)18-14/h8,10-11H,2-7,9,17H2,1H3,(H,18,20). The quantitative estimate of drug-likeness (QED) is 0.815. The topological polar surface area (TPSA) is 58.4 Å². The molecule has 1 amide bonds. The van der Waals surface area contributed by atoms with Gasteiger partial charge in [0.2, 0.25) is 5.91 Å². The van der Waals surface area contributed by atoms with Crippen LogP contribution in [0.2, 0.25) is 0 Å². The van der Waals surface area contributed by atoms with E-state index in [1.54, 1.807) is 0 Å². The molecule has 108 valence electrons. The van der Waals surface area contributed by atoms with E-state index in [2.05, 4.69) is 23.2 Å². The predicted molar refractivity (Wildman–Crippen MR) is 83.0 cm³/mol. The van der Waals surface area contributed by atoms with Crippen LogP contribution in [0.1, 0.15) is 38.2 Å². The summed E-state index contributed by atoms with van der Waals surface area (Å²) in [6.45, 7) is 4.41. The number of nitrogen functional groups attached to an aromatic ring is 1. The number of fused-ring (bicyclic) bond motifs is 1. The lowest BCUT2D eigenvalue weighted by atomic mass is 9.98. The van der Waals surface area contributed by atoms with Gasteiger partial charge in [0.15, 0.2) is 0 Å². The first-order valence-electron chi connectivity index (χ1n) is 7.64. The maximum Gasteiger partial charge on any atom is 0.228 e. The summed E-state index contributed by atoms with van der Waals surface area (Å²) in [7, 11) is 0. The molecule has 2 aliphatic rings. The fraction of sp³-hybridized carbons (Fsp3) is 0.562. The minimum Gasteiger partial charge on any atom is -0.397 e. The van der Waals surface area contributed by atoms with Gasteiger partial charge in [-0.3, -0.25) is 4.79 Å². The molecule has 3 rings (SSSR count). The van der Waals surface area contributed by atoms with Gasteiger partial charge in [-0.05, 0) is 42.9 Å². The Bertz CT molecular complexity index is 527. The van der Waals surface area contributed by atoms with Gasteiger partial charge in [0.05, 0.1) is 17.8 Å². The number of benzene rings is 1. The van der Waals surface area contributed by atoms with Crippen LogP contribution in [0.4, 0.5) is 17.1 Å². The minimum absolute atomic E-state index is 0.0680. The average Bonchev–Trinajstić information content (AvgIpc) is 2.64. The SMILES string of the molecule is CCC1CCCN(c2cc3c(cc2N)CC(=O)N3)CC1. The molecule has 4 heteroatoms. The molecule has 0 aromatic heterocycles. The van der Waals surface area contributed by atoms with Crippen LogP contribution >= 0.6 is 0 Å². The van der Waals surface area contributed by atoms with Crippen molar-refractivity contribution in [2.75, 3.05) is 29.0 Å². The molecule has 1 unspecified atom stereocenters. The molecular formula is C16H23N3O. The number of nitrogens with two attached hydrogens (primary N) is 1. The molecule has 3 N–H and O–H groups in total. The fourth-order valence-electron chi connectivity index (χ4n) is 3.37. The van der Waals surface area contributed by atoms with Gasteiger partial charge in [-0.15, -0.1) is 0 Å². The summed E-state index contributed by atoms with van der Waals surface area (Å²) < 4.78 is 0. The highest BCUT2D eigenvalue weighted by atomic mass is 16.1. The minimum atomic E-state index is 0.0680. The van der Waals surface area contributed by atoms with Crippen LogP contribution in [-0.2, 0) is 11.2 Å². The molecule has 1 saturated heterocycles. The molecule has 1 fully saturated rings. The van der Waals surface area contributed by atoms with E-state index in [0.29, 0.717) is 6.42 Å². The number of nitrogens with zero attached hydrogens (tertiary/aromatic N) is 1. The zero-order valence-corrected chi connectivity index (χ0v) is 12.1. The molecule has 0 bridgehead atoms. The van der Waals surface area contributed by atoms with E-state index in [1.807, 2.05) is 6.07 Å². The van der Waals surface area contributed by atoms with Crippen molar-refractivity contribution in [3.63, 3.8) is 0 Å². The molecule has 1 aromatic rings. The second-order valence-corrected chi connectivity index (χ2v) is 5.99. The number of amides is 1. The lowest BCUT2D eigenvalue weighted by molar-refractivity contribution is -0.115. The summed E-state index contributed by atoms with van der Waals surface area (Å²) in [6.07, 6.45) is 5.50. The molecule has 2 aliphatic heterocycles. The third-order valence-corrected chi connectivity index (χ3v) is 4.64. The zero-order valence-electron chi connectivity index (χ0n) is 12.1. The van der Waals surface area contributed by atoms with Crippen molar-refractivity contribution >= 4 is 23.0 Å². The van der Waals surface area contributed by atoms with Crippen molar-refractivity contribution in [2.45, 2.75) is 39.0 Å². The summed E-state index contributed by atoms with van der Waals surface area (Å²) in [5, 5.41) is 2.92. The lowest BCUT2D eigenvalue weighted by Gasteiger charge is -2.25. The molecular weight excluding hydrogens is 250 g/mol. The van der Waals surface area contributed by atoms with Crippen LogP contribution in [-0.4, -0.2) is 19.0 Å². The molecule has 1 aromatic carbocycles. The molecule has 1 atom stereocenters. The van der Waals surface area contributed by atoms with Crippen LogP contribution in [0.25, 0.3) is 0 Å². The van der Waals surface area contributed by atoms with Gasteiger partial charge in [-0.2, -0.15) is 0 Å². The number of carbonyl (C=O) groups excluding carboxylic acids is 1. The fourth-order valence-corrected chi connectivity index (χ4v) is 3.37. The summed E-state index contributed by atoms with van der Waals surface area (Å²) in [4.78, 5) is 13.9. The van der Waals surface area contributed by atoms with Crippen molar-refractivity contribution in [3.8, 4) is 0 Å². The predicted octanol–water partition coefficient (Wildman–Crippen LogP) is 2.78. The second-order valence-electron chi connectivity index (χ2n) is 5.99. The second kappa shape index (κ2) is 5.35. The summed E-state index contributed by atoms with van der Waals surface area (Å²) in [6, 6.07) is 4.02. The lowest BCUT2D eigenvalue weighted by Crippen LogP contribution is -2.25. The van der Waals surface area contributed by atoms with Gasteiger partial charge in [-0.25, -0.2) is 0 Å². The number of anilines is 3. The third kappa shape index (κ3) is 2.47. The summed E-state index contributed by atoms with van der Waals surface area (Å²) in [5.41, 5.74) is 10.1. The Kier molecular flexibility index (Phi) is 3.55. The van der Waals surface area contributed by atoms with Crippen LogP contribution < -0.4 is 16.0 Å². The van der Waals surface area contributed by atoms with Crippen molar-refractivity contribution in [1.82, 2.24) is 0 Å². The van der Waals surface area contributed by atoms with E-state index in [9.17, 15) is 4.79 Å². The van der Waals surface area contributed by atoms with E-state index in [4.69, 9.17) is 5.73 Å². The van der Waals surface area contributed by atoms with Crippen molar-refractivity contribution in [3.05, 3.63) is 17.7 Å². The number of carbonyl (C=O) groups is 1. The van der Waals surface area contributed by atoms with Gasteiger partial charge in [0, 0.05) is 18.8 Å². The number of nitrogens with one attached hydrogen (secondary N) is 1. The summed E-state index contributed by atoms with van der Waals surface area (Å²) >= 11 is 0. The number of hydrogen-bond donors (Lipinski definition) is 2. The number of hydrogen-bond acceptors (Lipinski definition) is 3. The molecule has 0 spiro atoms. The first-order chi connectivity index (χ1) is 9.67. The molecule has 0 aliphatic carbocycles. The van der Waals surface area contributed by atoms with E-state index in [0.717, 1.165) is 41.6 Å². The Morgan fingerprint density at radius 3 is 3.00 bits per heavy atom. The monoisotopic (exact) mass is 273 g/mol. The van der Waals surface area contributed by atoms with E-state index < -0.39 is 0 Å². The number of rotatable bonds is 2. The average molecular weight is 273 g/mol. The van der Waals surface area contributed by atoms with Crippen molar-refractivity contribution < 1.29 is 4.79 Å². The highest BCUT2D eigenvalue weighted by molar-refractivity contribution is 6.00. The first kappa shape index (κ1) is 13.3. The van der Waals surface area contributed by atoms with Crippen LogP contribution in [0.5, 0.6) is 0 Å². The molecule has 20 heavy (non-hydrogen) atoms. The van der Waals surface area contributed by atoms with Crippen LogP contribution in [0.15, 0.2) is 12.1 Å². The highest BCUT2D eigenvalue weighted by Gasteiger charge is 2.22. The van der Waals surface area contributed by atoms with Gasteiger partial charge in [-0.1, -0.05) is 13.3 Å². The maximum absolute atomic E-state index is 11.5. The smallest absolute Gasteiger partial charge is 0.228 e. The molecule has 4 nitrogen and oxygen atoms in total. The van der Waals surface area contributed by atoms with Gasteiger partial charge >= 0.3 is 0 Å². The van der Waals surface area contributed by atoms with E-state index >= 15 is 0 Å². The Labute approximate surface area is 120 Å². The first-order valence-corrected chi connectivity index (χ1v) is 7.64. The highest BCUT2D eigenvalue weighted by Crippen LogP contribution is 2.35. The van der Waals surface area contributed by atoms with E-state index in [1.165, 1.54) is 25.7 Å². The Morgan fingerprint density at radius 2 is 2.20 bits per heavy atom. The third-order valence-electron chi connectivity index (χ3n) is 4.64. The van der Waals surface area contributed by atoms with Crippen molar-refractivity contribution in [2.24, 2.45) is 5.92 Å². The van der Waals surface area contributed by atoms with Gasteiger partial charge < -0.3 is 16.0 Å². The Morgan fingerprint density at radius 1 is 1.35 bits per heavy atom. The maximum atomic E-state index is 11.5.